The molecule has 0 aromatic heterocycles. The summed E-state index contributed by atoms with van der Waals surface area (Å²) in [5.41, 5.74) is 17.5. The summed E-state index contributed by atoms with van der Waals surface area (Å²) in [6.45, 7) is 41.3. The molecule has 31 heteroatoms. The van der Waals surface area contributed by atoms with Crippen LogP contribution in [0.25, 0.3) is 20.9 Å². The van der Waals surface area contributed by atoms with Gasteiger partial charge in [-0.1, -0.05) is 367 Å². The van der Waals surface area contributed by atoms with Crippen molar-refractivity contribution in [1.82, 2.24) is 0 Å². The van der Waals surface area contributed by atoms with Gasteiger partial charge < -0.3 is 122 Å². The highest BCUT2D eigenvalue weighted by molar-refractivity contribution is 5.01. The number of aliphatic hydroxyl groups is 10. The second-order valence-electron chi connectivity index (χ2n) is 44.6. The molecule has 6 unspecified atom stereocenters. The van der Waals surface area contributed by atoms with Crippen LogP contribution in [0.1, 0.15) is 485 Å². The first kappa shape index (κ1) is 136. The van der Waals surface area contributed by atoms with Crippen LogP contribution in [0.15, 0.2) is 22.4 Å². The van der Waals surface area contributed by atoms with Gasteiger partial charge >= 0.3 is 0 Å². The average molecular weight is 2060 g/mol. The molecule has 0 aromatic carbocycles. The predicted molar refractivity (Wildman–Crippen MR) is 569 cm³/mol. The summed E-state index contributed by atoms with van der Waals surface area (Å²) in [5, 5.41) is 101. The molecule has 0 bridgehead atoms. The van der Waals surface area contributed by atoms with E-state index in [0.29, 0.717) is 32.8 Å². The molecule has 9 rings (SSSR count). The lowest BCUT2D eigenvalue weighted by molar-refractivity contribution is -0.217. The first-order valence-corrected chi connectivity index (χ1v) is 58.1. The Bertz CT molecular complexity index is 3100. The van der Waals surface area contributed by atoms with Crippen molar-refractivity contribution in [2.24, 2.45) is 33.9 Å². The van der Waals surface area contributed by atoms with Crippen molar-refractivity contribution in [2.45, 2.75) is 642 Å². The fourth-order valence-electron chi connectivity index (χ4n) is 20.6. The van der Waals surface area contributed by atoms with E-state index in [0.717, 1.165) is 57.8 Å². The van der Waals surface area contributed by atoms with Gasteiger partial charge in [-0.2, -0.15) is 0 Å². The monoisotopic (exact) mass is 2060 g/mol. The second-order valence-corrected chi connectivity index (χ2v) is 44.6. The molecule has 9 saturated heterocycles. The molecular weight excluding hydrogens is 1840 g/mol. The molecular formula is C113H218N6O25. The summed E-state index contributed by atoms with van der Waals surface area (Å²) in [7, 11) is 0. The van der Waals surface area contributed by atoms with Gasteiger partial charge in [-0.3, -0.25) is 0 Å². The third kappa shape index (κ3) is 56.5. The minimum atomic E-state index is -1.38. The molecule has 0 saturated carbocycles. The molecule has 9 aliphatic heterocycles. The van der Waals surface area contributed by atoms with Crippen LogP contribution in [0.5, 0.6) is 0 Å². The number of nitrogens with zero attached hydrogens (tertiary/aromatic N) is 6. The number of unbranched alkanes of at least 4 members (excludes halogenated alkanes) is 43. The highest BCUT2D eigenvalue weighted by atomic mass is 16.8. The Morgan fingerprint density at radius 1 is 0.299 bits per heavy atom. The van der Waals surface area contributed by atoms with E-state index in [1.165, 1.54) is 283 Å². The second kappa shape index (κ2) is 77.7. The van der Waals surface area contributed by atoms with Crippen LogP contribution in [0.4, 0.5) is 0 Å². The molecule has 0 aromatic rings. The molecule has 9 aliphatic rings. The van der Waals surface area contributed by atoms with Gasteiger partial charge in [0, 0.05) is 33.5 Å². The Morgan fingerprint density at radius 2 is 0.583 bits per heavy atom. The molecule has 31 nitrogen and oxygen atoms in total. The number of hydrogen-bond acceptors (Lipinski definition) is 27. The zero-order chi connectivity index (χ0) is 107. The molecule has 9 heterocycles. The number of fused-ring (bicyclic) bond motifs is 2. The van der Waals surface area contributed by atoms with Gasteiger partial charge in [0.15, 0.2) is 53.6 Å². The Kier molecular flexibility index (Phi) is 73.1. The Hall–Kier alpha value is -2.64. The third-order valence-corrected chi connectivity index (χ3v) is 29.3. The van der Waals surface area contributed by atoms with Crippen molar-refractivity contribution < 1.29 is 122 Å². The quantitative estimate of drug-likeness (QED) is 0.00889. The van der Waals surface area contributed by atoms with Crippen LogP contribution in [0.2, 0.25) is 0 Å². The van der Waals surface area contributed by atoms with Gasteiger partial charge in [-0.15, -0.1) is 0 Å². The van der Waals surface area contributed by atoms with E-state index >= 15 is 0 Å². The molecule has 0 aliphatic carbocycles. The number of azide groups is 2. The van der Waals surface area contributed by atoms with E-state index in [1.54, 1.807) is 0 Å². The van der Waals surface area contributed by atoms with Crippen molar-refractivity contribution in [2.75, 3.05) is 46.2 Å². The number of ether oxygens (including phenoxy) is 15. The zero-order valence-corrected chi connectivity index (χ0v) is 94.4. The van der Waals surface area contributed by atoms with Crippen LogP contribution >= 0.6 is 0 Å². The number of aliphatic hydroxyl groups excluding tert-OH is 10. The Morgan fingerprint density at radius 3 is 0.896 bits per heavy atom. The summed E-state index contributed by atoms with van der Waals surface area (Å²) in [6, 6.07) is -0.724. The van der Waals surface area contributed by atoms with E-state index in [9.17, 15) is 25.5 Å². The van der Waals surface area contributed by atoms with Crippen molar-refractivity contribution in [3.8, 4) is 0 Å². The van der Waals surface area contributed by atoms with E-state index in [4.69, 9.17) is 103 Å². The fourth-order valence-corrected chi connectivity index (χ4v) is 20.6. The standard InChI is InChI=1S/C22H43N3O2.C22H44O3.C22H42O3.C21H41N3O3.C11H20O4.C10H18O5.C5H10O5/c1-5-7-8-9-10-11-12-13-14-15-16-17-18-20-21(19(6-2)24-25-23)27-22(3,4)26-20;2*1-5-7-8-9-10-11-12-13-14-15-16-17-18-20-21(19(23)6-2)25-22(3,4)24-20;1-4-5-6-7-8-9-10-11-12-13-14-15-16-19-20(18(17-25)23-24-22)27-21(2,3)26-19;1-4-9-7-5-13-11(2,3)14-6-8(7)10(12)15-9;1-10(2)13-4-6-7(5-14-10)9(12)15-8(6)3-11;6-1-2-3(7)4(8)5(9)10-2/h19-21H,5-18H2,1-4H3;19-21,23H,5-18H2,1-4H3;17-21,23H,5-16H2,1-4H3;18-20,25H,4-17H2,1-3H3;7-10,12H,4-6H2,1-3H3;6-9,11-12H,3-5H2,1-2H3;2-9H,1H2/t19-,20+,21-;2*19-,20-,21+;18-,19+,20-;7-,8?,9+,10?;6-,7?,8+,9?;2-,3-,4?,5?/m0110001/s1. The summed E-state index contributed by atoms with van der Waals surface area (Å²) in [6.07, 6.45) is 65.0. The SMILES string of the molecule is CC1(C)OCC2C(O)O[C@H](CO)[C@H]2CO1.CCCCCCCCCCCCC=C[C@H]1OC(C)(C)O[C@H]1[C@H](O)CC.CCCCCCCCCCCCCC[C@H]1OC(C)(C)O[C@H]1[C@H](CC)N=[N+]=[N-].CCCCCCCCCCCCCC[C@H]1OC(C)(C)O[C@H]1[C@H](CO)N=[N+]=[N-].CCCCCCCCCCCCCC[C@H]1OC(C)(C)O[C@H]1[C@H](O)CC.CC[C@H]1OC(O)C2COC(C)(C)OC[C@@H]21.OC[C@H]1OC(O)C(O)[C@@H]1O. The predicted octanol–water partition coefficient (Wildman–Crippen LogP) is 24.7. The lowest BCUT2D eigenvalue weighted by atomic mass is 9.90. The van der Waals surface area contributed by atoms with Gasteiger partial charge in [-0.25, -0.2) is 0 Å². The first-order chi connectivity index (χ1) is 68.8. The fraction of sp³-hybridized carbons (Fsp3) is 0.982. The third-order valence-electron chi connectivity index (χ3n) is 29.3. The van der Waals surface area contributed by atoms with Crippen LogP contribution in [0.3, 0.4) is 0 Å². The van der Waals surface area contributed by atoms with Gasteiger partial charge in [0.25, 0.3) is 0 Å². The van der Waals surface area contributed by atoms with Crippen molar-refractivity contribution in [1.29, 1.82) is 0 Å². The van der Waals surface area contributed by atoms with Gasteiger partial charge in [0.2, 0.25) is 0 Å². The highest BCUT2D eigenvalue weighted by Crippen LogP contribution is 2.42. The van der Waals surface area contributed by atoms with Crippen LogP contribution in [-0.2, 0) is 71.1 Å². The minimum Gasteiger partial charge on any atom is -0.396 e. The molecule has 24 atom stereocenters. The van der Waals surface area contributed by atoms with E-state index < -0.39 is 96.8 Å². The van der Waals surface area contributed by atoms with E-state index in [-0.39, 0.29) is 104 Å². The molecule has 0 radical (unpaired) electrons. The average Bonchev–Trinajstić information content (AvgIpc) is 1.65. The summed E-state index contributed by atoms with van der Waals surface area (Å²) >= 11 is 0. The van der Waals surface area contributed by atoms with Crippen molar-refractivity contribution in [3.63, 3.8) is 0 Å². The Balaban J connectivity index is 0.000000440. The number of hydrogen-bond donors (Lipinski definition) is 10. The van der Waals surface area contributed by atoms with Crippen LogP contribution in [0, 0.1) is 23.7 Å². The maximum Gasteiger partial charge on any atom is 0.184 e. The highest BCUT2D eigenvalue weighted by Gasteiger charge is 2.51. The lowest BCUT2D eigenvalue weighted by Crippen LogP contribution is -2.36. The molecule has 0 amide bonds. The lowest BCUT2D eigenvalue weighted by Gasteiger charge is -2.24. The smallest absolute Gasteiger partial charge is 0.184 e. The van der Waals surface area contributed by atoms with Gasteiger partial charge in [0.05, 0.1) is 113 Å². The minimum absolute atomic E-state index is 0.00627. The molecule has 9 fully saturated rings. The first-order valence-electron chi connectivity index (χ1n) is 58.1. The maximum absolute atomic E-state index is 10.1. The van der Waals surface area contributed by atoms with E-state index in [1.807, 2.05) is 104 Å². The summed E-state index contributed by atoms with van der Waals surface area (Å²) < 4.78 is 85.2. The van der Waals surface area contributed by atoms with Gasteiger partial charge in [0.1, 0.15) is 36.6 Å². The molecule has 10 N–H and O–H groups in total. The number of allylic oxidation sites excluding steroid dienone is 1. The zero-order valence-electron chi connectivity index (χ0n) is 94.4. The van der Waals surface area contributed by atoms with Crippen molar-refractivity contribution in [3.05, 3.63) is 33.0 Å². The van der Waals surface area contributed by atoms with Gasteiger partial charge in [-0.05, 0) is 152 Å². The molecule has 850 valence electrons. The largest absolute Gasteiger partial charge is 0.396 e. The Labute approximate surface area is 873 Å². The summed E-state index contributed by atoms with van der Waals surface area (Å²) in [4.78, 5) is 5.82. The maximum atomic E-state index is 10.1. The number of rotatable bonds is 64. The normalized spacial score (nSPS) is 29.5. The topological polar surface area (TPSA) is 438 Å². The van der Waals surface area contributed by atoms with Crippen molar-refractivity contribution >= 4 is 0 Å². The summed E-state index contributed by atoms with van der Waals surface area (Å²) in [5.74, 6) is -3.38. The van der Waals surface area contributed by atoms with E-state index in [2.05, 4.69) is 71.6 Å². The molecule has 144 heavy (non-hydrogen) atoms. The molecule has 0 spiro atoms. The van der Waals surface area contributed by atoms with Crippen LogP contribution in [-0.4, -0.2) is 255 Å². The van der Waals surface area contributed by atoms with Crippen LogP contribution < -0.4 is 0 Å².